The summed E-state index contributed by atoms with van der Waals surface area (Å²) < 4.78 is 63.1. The Morgan fingerprint density at radius 2 is 1.68 bits per heavy atom. The zero-order valence-electron chi connectivity index (χ0n) is 17.9. The maximum absolute atomic E-state index is 14.6. The molecule has 1 atom stereocenters. The predicted octanol–water partition coefficient (Wildman–Crippen LogP) is 4.52. The van der Waals surface area contributed by atoms with Crippen molar-refractivity contribution in [3.63, 3.8) is 0 Å². The van der Waals surface area contributed by atoms with Crippen molar-refractivity contribution in [2.75, 3.05) is 0 Å². The zero-order valence-corrected chi connectivity index (χ0v) is 17.9. The molecule has 0 saturated heterocycles. The SMILES string of the molecule is CC(C)(O)[C@@H](O)c1nc(-c2ccc(F)cc2F)c(-c2ccc(=O)n(-c3c(F)cccc3F)c2)o1. The number of aliphatic hydroxyl groups excluding tert-OH is 1. The third-order valence-corrected chi connectivity index (χ3v) is 5.08. The Morgan fingerprint density at radius 3 is 2.29 bits per heavy atom. The first kappa shape index (κ1) is 23.4. The lowest BCUT2D eigenvalue weighted by Gasteiger charge is -2.21. The van der Waals surface area contributed by atoms with Crippen LogP contribution < -0.4 is 5.56 Å². The van der Waals surface area contributed by atoms with E-state index in [9.17, 15) is 32.6 Å². The highest BCUT2D eigenvalue weighted by Gasteiger charge is 2.33. The second-order valence-electron chi connectivity index (χ2n) is 8.11. The molecule has 0 saturated carbocycles. The van der Waals surface area contributed by atoms with E-state index in [2.05, 4.69) is 4.98 Å². The topological polar surface area (TPSA) is 88.5 Å². The zero-order chi connectivity index (χ0) is 24.8. The molecule has 2 aromatic heterocycles. The van der Waals surface area contributed by atoms with Gasteiger partial charge in [-0.05, 0) is 44.2 Å². The smallest absolute Gasteiger partial charge is 0.255 e. The fraction of sp³-hybridized carbons (Fsp3) is 0.167. The van der Waals surface area contributed by atoms with Crippen LogP contribution in [-0.2, 0) is 0 Å². The normalized spacial score (nSPS) is 12.7. The second-order valence-corrected chi connectivity index (χ2v) is 8.11. The number of hydrogen-bond acceptors (Lipinski definition) is 5. The van der Waals surface area contributed by atoms with Crippen LogP contribution in [0.25, 0.3) is 28.3 Å². The fourth-order valence-corrected chi connectivity index (χ4v) is 3.33. The molecule has 0 fully saturated rings. The summed E-state index contributed by atoms with van der Waals surface area (Å²) >= 11 is 0. The first-order valence-electron chi connectivity index (χ1n) is 10.0. The monoisotopic (exact) mass is 474 g/mol. The van der Waals surface area contributed by atoms with E-state index in [0.29, 0.717) is 10.6 Å². The molecule has 0 aliphatic rings. The number of para-hydroxylation sites is 1. The molecule has 0 amide bonds. The molecule has 176 valence electrons. The minimum Gasteiger partial charge on any atom is -0.437 e. The van der Waals surface area contributed by atoms with E-state index in [0.717, 1.165) is 42.6 Å². The number of aliphatic hydroxyl groups is 2. The Morgan fingerprint density at radius 1 is 1.00 bits per heavy atom. The molecule has 4 aromatic rings. The molecule has 2 N–H and O–H groups in total. The third kappa shape index (κ3) is 4.25. The van der Waals surface area contributed by atoms with E-state index >= 15 is 0 Å². The van der Waals surface area contributed by atoms with E-state index in [1.165, 1.54) is 19.9 Å². The lowest BCUT2D eigenvalue weighted by atomic mass is 10.0. The molecule has 0 unspecified atom stereocenters. The number of aromatic nitrogens is 2. The summed E-state index contributed by atoms with van der Waals surface area (Å²) in [4.78, 5) is 16.5. The summed E-state index contributed by atoms with van der Waals surface area (Å²) in [7, 11) is 0. The average Bonchev–Trinajstić information content (AvgIpc) is 3.18. The highest BCUT2D eigenvalue weighted by atomic mass is 19.1. The van der Waals surface area contributed by atoms with Crippen molar-refractivity contribution in [1.29, 1.82) is 0 Å². The Kier molecular flexibility index (Phi) is 5.88. The van der Waals surface area contributed by atoms with Crippen LogP contribution in [0.4, 0.5) is 17.6 Å². The van der Waals surface area contributed by atoms with Gasteiger partial charge in [0.05, 0.1) is 5.60 Å². The number of pyridine rings is 1. The van der Waals surface area contributed by atoms with Gasteiger partial charge in [0.15, 0.2) is 11.9 Å². The van der Waals surface area contributed by atoms with Crippen LogP contribution in [0.2, 0.25) is 0 Å². The number of rotatable bonds is 5. The van der Waals surface area contributed by atoms with Crippen LogP contribution in [0.3, 0.4) is 0 Å². The fourth-order valence-electron chi connectivity index (χ4n) is 3.33. The molecular weight excluding hydrogens is 456 g/mol. The molecule has 10 heteroatoms. The molecule has 0 bridgehead atoms. The van der Waals surface area contributed by atoms with Crippen molar-refractivity contribution >= 4 is 0 Å². The first-order chi connectivity index (χ1) is 16.0. The average molecular weight is 474 g/mol. The summed E-state index contributed by atoms with van der Waals surface area (Å²) in [6.45, 7) is 2.58. The molecule has 34 heavy (non-hydrogen) atoms. The molecule has 0 aliphatic heterocycles. The summed E-state index contributed by atoms with van der Waals surface area (Å²) in [5, 5.41) is 20.6. The van der Waals surface area contributed by atoms with Crippen molar-refractivity contribution in [3.05, 3.63) is 94.2 Å². The van der Waals surface area contributed by atoms with Crippen molar-refractivity contribution in [2.45, 2.75) is 25.6 Å². The first-order valence-corrected chi connectivity index (χ1v) is 10.0. The van der Waals surface area contributed by atoms with Gasteiger partial charge in [-0.2, -0.15) is 0 Å². The van der Waals surface area contributed by atoms with E-state index in [1.54, 1.807) is 0 Å². The minimum absolute atomic E-state index is 0.0441. The Balaban J connectivity index is 1.97. The van der Waals surface area contributed by atoms with Crippen LogP contribution in [-0.4, -0.2) is 25.4 Å². The van der Waals surface area contributed by atoms with Gasteiger partial charge in [0, 0.05) is 29.5 Å². The summed E-state index contributed by atoms with van der Waals surface area (Å²) in [6.07, 6.45) is -0.575. The Labute approximate surface area is 190 Å². The third-order valence-electron chi connectivity index (χ3n) is 5.08. The molecule has 0 radical (unpaired) electrons. The lowest BCUT2D eigenvalue weighted by molar-refractivity contribution is -0.0617. The summed E-state index contributed by atoms with van der Waals surface area (Å²) in [5.74, 6) is -4.41. The Bertz CT molecular complexity index is 1420. The van der Waals surface area contributed by atoms with Crippen LogP contribution in [0.5, 0.6) is 0 Å². The minimum atomic E-state index is -1.70. The van der Waals surface area contributed by atoms with Crippen LogP contribution >= 0.6 is 0 Å². The second kappa shape index (κ2) is 8.54. The predicted molar refractivity (Wildman–Crippen MR) is 114 cm³/mol. The van der Waals surface area contributed by atoms with Gasteiger partial charge in [0.1, 0.15) is 34.7 Å². The maximum Gasteiger partial charge on any atom is 0.255 e. The van der Waals surface area contributed by atoms with Gasteiger partial charge in [-0.1, -0.05) is 6.07 Å². The van der Waals surface area contributed by atoms with Crippen molar-refractivity contribution in [2.24, 2.45) is 0 Å². The summed E-state index contributed by atoms with van der Waals surface area (Å²) in [5.41, 5.74) is -3.45. The van der Waals surface area contributed by atoms with Gasteiger partial charge in [-0.3, -0.25) is 9.36 Å². The Hall–Kier alpha value is -3.76. The standard InChI is InChI=1S/C24H18F4N2O4/c1-24(2,33)22(32)23-29-19(14-8-7-13(25)10-17(14)28)21(34-23)12-6-9-18(31)30(11-12)20-15(26)4-3-5-16(20)27/h3-11,22,32-33H,1-2H3/t22-/m0/s1. The van der Waals surface area contributed by atoms with Crippen LogP contribution in [0.15, 0.2) is 63.9 Å². The number of halogens is 4. The maximum atomic E-state index is 14.6. The number of nitrogens with zero attached hydrogens (tertiary/aromatic N) is 2. The van der Waals surface area contributed by atoms with E-state index in [4.69, 9.17) is 4.42 Å². The molecular formula is C24H18F4N2O4. The number of benzene rings is 2. The van der Waals surface area contributed by atoms with E-state index in [1.807, 2.05) is 0 Å². The number of oxazole rings is 1. The quantitative estimate of drug-likeness (QED) is 0.416. The van der Waals surface area contributed by atoms with Crippen molar-refractivity contribution < 1.29 is 32.2 Å². The van der Waals surface area contributed by atoms with Crippen molar-refractivity contribution in [1.82, 2.24) is 9.55 Å². The van der Waals surface area contributed by atoms with Gasteiger partial charge in [0.25, 0.3) is 5.56 Å². The van der Waals surface area contributed by atoms with Crippen LogP contribution in [0, 0.1) is 23.3 Å². The lowest BCUT2D eigenvalue weighted by Crippen LogP contribution is -2.28. The van der Waals surface area contributed by atoms with E-state index < -0.39 is 52.1 Å². The molecule has 6 nitrogen and oxygen atoms in total. The largest absolute Gasteiger partial charge is 0.437 e. The highest BCUT2D eigenvalue weighted by molar-refractivity contribution is 5.77. The summed E-state index contributed by atoms with van der Waals surface area (Å²) in [6, 6.07) is 8.06. The van der Waals surface area contributed by atoms with Gasteiger partial charge < -0.3 is 14.6 Å². The van der Waals surface area contributed by atoms with E-state index in [-0.39, 0.29) is 22.6 Å². The molecule has 0 spiro atoms. The van der Waals surface area contributed by atoms with Gasteiger partial charge in [-0.25, -0.2) is 22.5 Å². The molecule has 2 aromatic carbocycles. The molecule has 4 rings (SSSR count). The van der Waals surface area contributed by atoms with Gasteiger partial charge in [0.2, 0.25) is 5.89 Å². The molecule has 0 aliphatic carbocycles. The van der Waals surface area contributed by atoms with Crippen molar-refractivity contribution in [3.8, 4) is 28.3 Å². The van der Waals surface area contributed by atoms with Crippen LogP contribution in [0.1, 0.15) is 25.8 Å². The highest BCUT2D eigenvalue weighted by Crippen LogP contribution is 2.37. The molecule has 2 heterocycles. The van der Waals surface area contributed by atoms with Gasteiger partial charge >= 0.3 is 0 Å². The number of hydrogen-bond donors (Lipinski definition) is 2. The van der Waals surface area contributed by atoms with Gasteiger partial charge in [-0.15, -0.1) is 0 Å².